The molecule has 0 saturated heterocycles. The van der Waals surface area contributed by atoms with Gasteiger partial charge in [-0.25, -0.2) is 0 Å². The zero-order chi connectivity index (χ0) is 12.4. The van der Waals surface area contributed by atoms with E-state index in [0.29, 0.717) is 6.61 Å². The van der Waals surface area contributed by atoms with E-state index in [2.05, 4.69) is 0 Å². The zero-order valence-corrected chi connectivity index (χ0v) is 9.97. The van der Waals surface area contributed by atoms with E-state index >= 15 is 0 Å². The quantitative estimate of drug-likeness (QED) is 0.736. The smallest absolute Gasteiger partial charge is 0.294 e. The van der Waals surface area contributed by atoms with Crippen LogP contribution < -0.4 is 4.90 Å². The topological polar surface area (TPSA) is 46.6 Å². The standard InChI is InChI=1S/C13H15NO3/c1-9(15)13(16)14-11(8-17-2)7-10-5-3-4-6-12(10)14/h3-6,11H,7-8H2,1-2H3/t11-/m0/s1. The van der Waals surface area contributed by atoms with Crippen molar-refractivity contribution in [2.45, 2.75) is 19.4 Å². The van der Waals surface area contributed by atoms with E-state index < -0.39 is 11.7 Å². The number of rotatable bonds is 3. The Hall–Kier alpha value is -1.68. The number of nitrogens with zero attached hydrogens (tertiary/aromatic N) is 1. The van der Waals surface area contributed by atoms with Crippen molar-refractivity contribution in [1.29, 1.82) is 0 Å². The summed E-state index contributed by atoms with van der Waals surface area (Å²) in [5, 5.41) is 0. The van der Waals surface area contributed by atoms with Gasteiger partial charge in [-0.05, 0) is 18.1 Å². The molecule has 4 nitrogen and oxygen atoms in total. The van der Waals surface area contributed by atoms with E-state index in [1.54, 1.807) is 12.0 Å². The van der Waals surface area contributed by atoms with Crippen molar-refractivity contribution in [2.75, 3.05) is 18.6 Å². The lowest BCUT2D eigenvalue weighted by Gasteiger charge is -2.23. The average Bonchev–Trinajstić information content (AvgIpc) is 2.66. The lowest BCUT2D eigenvalue weighted by Crippen LogP contribution is -2.43. The van der Waals surface area contributed by atoms with Gasteiger partial charge in [-0.3, -0.25) is 14.5 Å². The molecule has 1 aromatic rings. The normalized spacial score (nSPS) is 18.0. The van der Waals surface area contributed by atoms with Crippen LogP contribution in [0, 0.1) is 0 Å². The fourth-order valence-corrected chi connectivity index (χ4v) is 2.23. The molecule has 1 atom stereocenters. The number of methoxy groups -OCH3 is 1. The van der Waals surface area contributed by atoms with E-state index in [0.717, 1.165) is 17.7 Å². The number of hydrogen-bond acceptors (Lipinski definition) is 3. The minimum atomic E-state index is -0.461. The van der Waals surface area contributed by atoms with Crippen LogP contribution in [-0.2, 0) is 20.7 Å². The summed E-state index contributed by atoms with van der Waals surface area (Å²) in [6.45, 7) is 1.74. The van der Waals surface area contributed by atoms with Crippen LogP contribution in [0.4, 0.5) is 5.69 Å². The second-order valence-electron chi connectivity index (χ2n) is 4.17. The SMILES string of the molecule is COC[C@@H]1Cc2ccccc2N1C(=O)C(C)=O. The highest BCUT2D eigenvalue weighted by Gasteiger charge is 2.34. The van der Waals surface area contributed by atoms with E-state index in [9.17, 15) is 9.59 Å². The summed E-state index contributed by atoms with van der Waals surface area (Å²) in [7, 11) is 1.60. The van der Waals surface area contributed by atoms with Crippen molar-refractivity contribution in [1.82, 2.24) is 0 Å². The van der Waals surface area contributed by atoms with Crippen molar-refractivity contribution in [2.24, 2.45) is 0 Å². The molecule has 0 saturated carbocycles. The number of carbonyl (C=O) groups is 2. The van der Waals surface area contributed by atoms with Gasteiger partial charge in [0.05, 0.1) is 12.6 Å². The summed E-state index contributed by atoms with van der Waals surface area (Å²) in [4.78, 5) is 24.7. The number of para-hydroxylation sites is 1. The molecule has 90 valence electrons. The van der Waals surface area contributed by atoms with Gasteiger partial charge in [-0.2, -0.15) is 0 Å². The summed E-state index contributed by atoms with van der Waals surface area (Å²) in [6, 6.07) is 7.57. The largest absolute Gasteiger partial charge is 0.383 e. The van der Waals surface area contributed by atoms with Crippen molar-refractivity contribution in [3.8, 4) is 0 Å². The molecule has 17 heavy (non-hydrogen) atoms. The molecule has 1 aromatic carbocycles. The van der Waals surface area contributed by atoms with Crippen LogP contribution in [0.3, 0.4) is 0 Å². The second-order valence-corrected chi connectivity index (χ2v) is 4.17. The number of benzene rings is 1. The lowest BCUT2D eigenvalue weighted by molar-refractivity contribution is -0.135. The Labute approximate surface area is 100 Å². The summed E-state index contributed by atoms with van der Waals surface area (Å²) >= 11 is 0. The fourth-order valence-electron chi connectivity index (χ4n) is 2.23. The van der Waals surface area contributed by atoms with Crippen LogP contribution in [0.2, 0.25) is 0 Å². The van der Waals surface area contributed by atoms with E-state index in [1.807, 2.05) is 24.3 Å². The molecule has 0 radical (unpaired) electrons. The van der Waals surface area contributed by atoms with Gasteiger partial charge in [0, 0.05) is 19.7 Å². The molecule has 0 spiro atoms. The Morgan fingerprint density at radius 2 is 2.12 bits per heavy atom. The van der Waals surface area contributed by atoms with Crippen molar-refractivity contribution < 1.29 is 14.3 Å². The maximum Gasteiger partial charge on any atom is 0.294 e. The first kappa shape index (κ1) is 11.8. The van der Waals surface area contributed by atoms with Gasteiger partial charge in [0.25, 0.3) is 5.91 Å². The lowest BCUT2D eigenvalue weighted by atomic mass is 10.1. The van der Waals surface area contributed by atoms with E-state index in [1.165, 1.54) is 6.92 Å². The maximum absolute atomic E-state index is 11.9. The highest BCUT2D eigenvalue weighted by atomic mass is 16.5. The van der Waals surface area contributed by atoms with Gasteiger partial charge < -0.3 is 4.74 Å². The predicted octanol–water partition coefficient (Wildman–Crippen LogP) is 1.18. The summed E-state index contributed by atoms with van der Waals surface area (Å²) in [5.74, 6) is -0.903. The van der Waals surface area contributed by atoms with E-state index in [-0.39, 0.29) is 6.04 Å². The first-order chi connectivity index (χ1) is 8.15. The number of fused-ring (bicyclic) bond motifs is 1. The van der Waals surface area contributed by atoms with Gasteiger partial charge in [0.2, 0.25) is 5.78 Å². The van der Waals surface area contributed by atoms with Gasteiger partial charge in [-0.15, -0.1) is 0 Å². The number of carbonyl (C=O) groups excluding carboxylic acids is 2. The van der Waals surface area contributed by atoms with Crippen LogP contribution in [0.15, 0.2) is 24.3 Å². The molecule has 0 unspecified atom stereocenters. The Balaban J connectivity index is 2.37. The molecule has 0 aromatic heterocycles. The monoisotopic (exact) mass is 233 g/mol. The number of ketones is 1. The third-order valence-corrected chi connectivity index (χ3v) is 2.95. The predicted molar refractivity (Wildman–Crippen MR) is 64.0 cm³/mol. The van der Waals surface area contributed by atoms with Crippen molar-refractivity contribution in [3.63, 3.8) is 0 Å². The fraction of sp³-hybridized carbons (Fsp3) is 0.385. The van der Waals surface area contributed by atoms with Crippen molar-refractivity contribution in [3.05, 3.63) is 29.8 Å². The number of anilines is 1. The molecule has 2 rings (SSSR count). The molecule has 4 heteroatoms. The summed E-state index contributed by atoms with van der Waals surface area (Å²) < 4.78 is 5.11. The third kappa shape index (κ3) is 2.08. The third-order valence-electron chi connectivity index (χ3n) is 2.95. The molecule has 1 aliphatic rings. The minimum Gasteiger partial charge on any atom is -0.383 e. The molecule has 0 bridgehead atoms. The number of amides is 1. The first-order valence-corrected chi connectivity index (χ1v) is 5.56. The first-order valence-electron chi connectivity index (χ1n) is 5.56. The molecule has 1 aliphatic heterocycles. The Morgan fingerprint density at radius 1 is 1.41 bits per heavy atom. The molecular weight excluding hydrogens is 218 g/mol. The number of Topliss-reactive ketones (excluding diaryl/α,β-unsaturated/α-hetero) is 1. The van der Waals surface area contributed by atoms with Crippen LogP contribution in [0.5, 0.6) is 0 Å². The summed E-state index contributed by atoms with van der Waals surface area (Å²) in [5.41, 5.74) is 1.92. The second kappa shape index (κ2) is 4.67. The highest BCUT2D eigenvalue weighted by molar-refractivity contribution is 6.40. The van der Waals surface area contributed by atoms with Gasteiger partial charge in [0.1, 0.15) is 0 Å². The highest BCUT2D eigenvalue weighted by Crippen LogP contribution is 2.32. The Morgan fingerprint density at radius 3 is 2.76 bits per heavy atom. The molecule has 0 N–H and O–H groups in total. The van der Waals surface area contributed by atoms with Crippen LogP contribution in [0.25, 0.3) is 0 Å². The molecule has 1 amide bonds. The minimum absolute atomic E-state index is 0.0752. The Bertz CT molecular complexity index is 456. The molecule has 1 heterocycles. The van der Waals surface area contributed by atoms with Gasteiger partial charge in [-0.1, -0.05) is 18.2 Å². The van der Waals surface area contributed by atoms with Crippen molar-refractivity contribution >= 4 is 17.4 Å². The van der Waals surface area contributed by atoms with E-state index in [4.69, 9.17) is 4.74 Å². The number of ether oxygens (including phenoxy) is 1. The van der Waals surface area contributed by atoms with Crippen LogP contribution >= 0.6 is 0 Å². The summed E-state index contributed by atoms with van der Waals surface area (Å²) in [6.07, 6.45) is 0.739. The average molecular weight is 233 g/mol. The van der Waals surface area contributed by atoms with Crippen LogP contribution in [-0.4, -0.2) is 31.4 Å². The molecule has 0 fully saturated rings. The number of hydrogen-bond donors (Lipinski definition) is 0. The maximum atomic E-state index is 11.9. The van der Waals surface area contributed by atoms with Gasteiger partial charge in [0.15, 0.2) is 0 Å². The molecular formula is C13H15NO3. The van der Waals surface area contributed by atoms with Crippen LogP contribution in [0.1, 0.15) is 12.5 Å². The molecule has 0 aliphatic carbocycles. The zero-order valence-electron chi connectivity index (χ0n) is 9.97. The Kier molecular flexibility index (Phi) is 3.24. The van der Waals surface area contributed by atoms with Gasteiger partial charge >= 0.3 is 0 Å².